The SMILES string of the molecule is CN1CCN(C(=O)COc2ccc(Cl)c(F)c2)CC1. The molecule has 1 saturated heterocycles. The summed E-state index contributed by atoms with van der Waals surface area (Å²) in [6.07, 6.45) is 0. The van der Waals surface area contributed by atoms with Crippen LogP contribution >= 0.6 is 11.6 Å². The highest BCUT2D eigenvalue weighted by molar-refractivity contribution is 6.30. The highest BCUT2D eigenvalue weighted by atomic mass is 35.5. The van der Waals surface area contributed by atoms with Gasteiger partial charge in [-0.2, -0.15) is 0 Å². The monoisotopic (exact) mass is 286 g/mol. The van der Waals surface area contributed by atoms with E-state index in [1.54, 1.807) is 11.0 Å². The van der Waals surface area contributed by atoms with Gasteiger partial charge in [-0.15, -0.1) is 0 Å². The maximum Gasteiger partial charge on any atom is 0.260 e. The van der Waals surface area contributed by atoms with Gasteiger partial charge in [-0.1, -0.05) is 11.6 Å². The van der Waals surface area contributed by atoms with Crippen LogP contribution in [-0.4, -0.2) is 55.5 Å². The van der Waals surface area contributed by atoms with Gasteiger partial charge in [0.25, 0.3) is 5.91 Å². The van der Waals surface area contributed by atoms with Crippen molar-refractivity contribution >= 4 is 17.5 Å². The number of carbonyl (C=O) groups excluding carboxylic acids is 1. The first-order chi connectivity index (χ1) is 9.06. The molecule has 1 aromatic rings. The van der Waals surface area contributed by atoms with Gasteiger partial charge in [0.2, 0.25) is 0 Å². The van der Waals surface area contributed by atoms with Crippen molar-refractivity contribution in [1.82, 2.24) is 9.80 Å². The summed E-state index contributed by atoms with van der Waals surface area (Å²) >= 11 is 5.57. The Hall–Kier alpha value is -1.33. The summed E-state index contributed by atoms with van der Waals surface area (Å²) in [4.78, 5) is 15.8. The molecule has 0 bridgehead atoms. The third kappa shape index (κ3) is 3.81. The fourth-order valence-electron chi connectivity index (χ4n) is 1.86. The largest absolute Gasteiger partial charge is 0.484 e. The number of hydrogen-bond acceptors (Lipinski definition) is 3. The Bertz CT molecular complexity index is 462. The molecule has 0 aromatic heterocycles. The van der Waals surface area contributed by atoms with Crippen molar-refractivity contribution in [3.8, 4) is 5.75 Å². The molecule has 0 spiro atoms. The van der Waals surface area contributed by atoms with Crippen molar-refractivity contribution in [1.29, 1.82) is 0 Å². The third-order valence-corrected chi connectivity index (χ3v) is 3.42. The highest BCUT2D eigenvalue weighted by Gasteiger charge is 2.19. The zero-order chi connectivity index (χ0) is 13.8. The second-order valence-electron chi connectivity index (χ2n) is 4.55. The standard InChI is InChI=1S/C13H16ClFN2O2/c1-16-4-6-17(7-5-16)13(18)9-19-10-2-3-11(14)12(15)8-10/h2-3,8H,4-7,9H2,1H3. The van der Waals surface area contributed by atoms with E-state index in [-0.39, 0.29) is 17.5 Å². The molecule has 0 aliphatic carbocycles. The summed E-state index contributed by atoms with van der Waals surface area (Å²) in [5, 5.41) is 0.0396. The second kappa shape index (κ2) is 6.21. The molecule has 19 heavy (non-hydrogen) atoms. The zero-order valence-electron chi connectivity index (χ0n) is 10.7. The summed E-state index contributed by atoms with van der Waals surface area (Å²) in [6.45, 7) is 3.05. The van der Waals surface area contributed by atoms with Gasteiger partial charge < -0.3 is 14.5 Å². The lowest BCUT2D eigenvalue weighted by molar-refractivity contribution is -0.134. The number of amides is 1. The molecular formula is C13H16ClFN2O2. The van der Waals surface area contributed by atoms with Crippen LogP contribution < -0.4 is 4.74 Å². The number of benzene rings is 1. The lowest BCUT2D eigenvalue weighted by Crippen LogP contribution is -2.48. The van der Waals surface area contributed by atoms with E-state index in [0.717, 1.165) is 13.1 Å². The summed E-state index contributed by atoms with van der Waals surface area (Å²) in [5.74, 6) is -0.320. The summed E-state index contributed by atoms with van der Waals surface area (Å²) < 4.78 is 18.5. The van der Waals surface area contributed by atoms with Crippen LogP contribution in [0, 0.1) is 5.82 Å². The molecule has 2 rings (SSSR count). The molecule has 4 nitrogen and oxygen atoms in total. The van der Waals surface area contributed by atoms with Crippen molar-refractivity contribution in [2.45, 2.75) is 0 Å². The highest BCUT2D eigenvalue weighted by Crippen LogP contribution is 2.20. The number of carbonyl (C=O) groups is 1. The van der Waals surface area contributed by atoms with Gasteiger partial charge in [-0.3, -0.25) is 4.79 Å². The van der Waals surface area contributed by atoms with Gasteiger partial charge in [0.1, 0.15) is 11.6 Å². The molecule has 0 N–H and O–H groups in total. The number of piperazine rings is 1. The van der Waals surface area contributed by atoms with Crippen LogP contribution in [0.25, 0.3) is 0 Å². The lowest BCUT2D eigenvalue weighted by atomic mass is 10.3. The van der Waals surface area contributed by atoms with Crippen LogP contribution in [0.15, 0.2) is 18.2 Å². The Morgan fingerprint density at radius 1 is 1.37 bits per heavy atom. The smallest absolute Gasteiger partial charge is 0.260 e. The number of likely N-dealkylation sites (N-methyl/N-ethyl adjacent to an activating group) is 1. The Morgan fingerprint density at radius 2 is 2.05 bits per heavy atom. The normalized spacial score (nSPS) is 16.5. The quantitative estimate of drug-likeness (QED) is 0.847. The van der Waals surface area contributed by atoms with Gasteiger partial charge in [0.15, 0.2) is 6.61 Å². The molecule has 1 amide bonds. The molecule has 0 saturated carbocycles. The van der Waals surface area contributed by atoms with Gasteiger partial charge in [0.05, 0.1) is 5.02 Å². The average Bonchev–Trinajstić information content (AvgIpc) is 2.40. The molecule has 104 valence electrons. The van der Waals surface area contributed by atoms with Crippen molar-refractivity contribution < 1.29 is 13.9 Å². The summed E-state index contributed by atoms with van der Waals surface area (Å²) in [5.41, 5.74) is 0. The molecular weight excluding hydrogens is 271 g/mol. The second-order valence-corrected chi connectivity index (χ2v) is 4.96. The van der Waals surface area contributed by atoms with Crippen molar-refractivity contribution in [3.05, 3.63) is 29.0 Å². The first-order valence-electron chi connectivity index (χ1n) is 6.10. The van der Waals surface area contributed by atoms with E-state index < -0.39 is 5.82 Å². The molecule has 6 heteroatoms. The van der Waals surface area contributed by atoms with Gasteiger partial charge in [-0.25, -0.2) is 4.39 Å². The van der Waals surface area contributed by atoms with E-state index in [2.05, 4.69) is 4.90 Å². The van der Waals surface area contributed by atoms with E-state index in [1.165, 1.54) is 12.1 Å². The van der Waals surface area contributed by atoms with Gasteiger partial charge in [0, 0.05) is 32.2 Å². The Balaban J connectivity index is 1.84. The summed E-state index contributed by atoms with van der Waals surface area (Å²) in [7, 11) is 2.02. The van der Waals surface area contributed by atoms with E-state index in [4.69, 9.17) is 16.3 Å². The van der Waals surface area contributed by atoms with E-state index in [1.807, 2.05) is 7.05 Å². The molecule has 0 atom stereocenters. The Morgan fingerprint density at radius 3 is 2.68 bits per heavy atom. The number of rotatable bonds is 3. The minimum absolute atomic E-state index is 0.0396. The Labute approximate surface area is 116 Å². The molecule has 1 heterocycles. The number of halogens is 2. The predicted molar refractivity (Wildman–Crippen MR) is 71.0 cm³/mol. The van der Waals surface area contributed by atoms with Crippen molar-refractivity contribution in [2.75, 3.05) is 39.8 Å². The number of nitrogens with zero attached hydrogens (tertiary/aromatic N) is 2. The Kier molecular flexibility index (Phi) is 4.61. The lowest BCUT2D eigenvalue weighted by Gasteiger charge is -2.32. The van der Waals surface area contributed by atoms with E-state index in [0.29, 0.717) is 18.8 Å². The van der Waals surface area contributed by atoms with Crippen molar-refractivity contribution in [3.63, 3.8) is 0 Å². The molecule has 1 fully saturated rings. The van der Waals surface area contributed by atoms with Crippen LogP contribution in [0.2, 0.25) is 5.02 Å². The van der Waals surface area contributed by atoms with E-state index in [9.17, 15) is 9.18 Å². The van der Waals surface area contributed by atoms with Crippen LogP contribution in [-0.2, 0) is 4.79 Å². The van der Waals surface area contributed by atoms with E-state index >= 15 is 0 Å². The summed E-state index contributed by atoms with van der Waals surface area (Å²) in [6, 6.07) is 4.13. The maximum absolute atomic E-state index is 13.2. The average molecular weight is 287 g/mol. The third-order valence-electron chi connectivity index (χ3n) is 3.11. The molecule has 1 aromatic carbocycles. The fourth-order valence-corrected chi connectivity index (χ4v) is 1.98. The van der Waals surface area contributed by atoms with Crippen LogP contribution in [0.1, 0.15) is 0 Å². The fraction of sp³-hybridized carbons (Fsp3) is 0.462. The number of hydrogen-bond donors (Lipinski definition) is 0. The first-order valence-corrected chi connectivity index (χ1v) is 6.48. The minimum Gasteiger partial charge on any atom is -0.484 e. The van der Waals surface area contributed by atoms with Crippen LogP contribution in [0.3, 0.4) is 0 Å². The number of ether oxygens (including phenoxy) is 1. The topological polar surface area (TPSA) is 32.8 Å². The van der Waals surface area contributed by atoms with Gasteiger partial charge >= 0.3 is 0 Å². The maximum atomic E-state index is 13.2. The molecule has 0 unspecified atom stereocenters. The predicted octanol–water partition coefficient (Wildman–Crippen LogP) is 1.63. The first kappa shape index (κ1) is 14.1. The molecule has 1 aliphatic rings. The molecule has 1 aliphatic heterocycles. The zero-order valence-corrected chi connectivity index (χ0v) is 11.5. The van der Waals surface area contributed by atoms with Gasteiger partial charge in [-0.05, 0) is 19.2 Å². The molecule has 0 radical (unpaired) electrons. The van der Waals surface area contributed by atoms with Crippen molar-refractivity contribution in [2.24, 2.45) is 0 Å². The van der Waals surface area contributed by atoms with Crippen LogP contribution in [0.4, 0.5) is 4.39 Å². The minimum atomic E-state index is -0.550. The van der Waals surface area contributed by atoms with Crippen LogP contribution in [0.5, 0.6) is 5.75 Å².